The first-order chi connectivity index (χ1) is 18.3. The molecule has 190 valence electrons. The van der Waals surface area contributed by atoms with Crippen molar-refractivity contribution in [3.8, 4) is 28.0 Å². The molecule has 1 aliphatic rings. The Kier molecular flexibility index (Phi) is 6.43. The van der Waals surface area contributed by atoms with E-state index in [2.05, 4.69) is 54.8 Å². The van der Waals surface area contributed by atoms with Gasteiger partial charge in [-0.2, -0.15) is 5.10 Å². The van der Waals surface area contributed by atoms with E-state index in [1.54, 1.807) is 30.3 Å². The fourth-order valence-electron chi connectivity index (χ4n) is 4.70. The van der Waals surface area contributed by atoms with Crippen LogP contribution in [-0.2, 0) is 11.2 Å². The van der Waals surface area contributed by atoms with E-state index < -0.39 is 5.97 Å². The number of phenolic OH excluding ortho intramolecular Hbond substituents is 1. The van der Waals surface area contributed by atoms with Gasteiger partial charge in [-0.05, 0) is 66.3 Å². The maximum absolute atomic E-state index is 13.0. The van der Waals surface area contributed by atoms with Crippen LogP contribution >= 0.6 is 0 Å². The molecule has 5 rings (SSSR count). The number of fused-ring (bicyclic) bond motifs is 1. The summed E-state index contributed by atoms with van der Waals surface area (Å²) in [6.45, 7) is 6.23. The number of phenols is 1. The number of aryl methyl sites for hydroxylation is 3. The molecule has 0 aromatic heterocycles. The van der Waals surface area contributed by atoms with E-state index in [4.69, 9.17) is 0 Å². The van der Waals surface area contributed by atoms with Crippen molar-refractivity contribution in [2.75, 3.05) is 10.7 Å². The Balaban J connectivity index is 1.53. The molecule has 1 aliphatic heterocycles. The zero-order valence-corrected chi connectivity index (χ0v) is 21.3. The molecule has 0 bridgehead atoms. The first-order valence-electron chi connectivity index (χ1n) is 12.3. The van der Waals surface area contributed by atoms with Crippen LogP contribution in [0.2, 0.25) is 0 Å². The van der Waals surface area contributed by atoms with Gasteiger partial charge >= 0.3 is 5.97 Å². The molecule has 1 heterocycles. The number of carboxylic acids is 1. The lowest BCUT2D eigenvalue weighted by Gasteiger charge is -2.15. The van der Waals surface area contributed by atoms with Crippen LogP contribution in [0.3, 0.4) is 0 Å². The Morgan fingerprint density at radius 2 is 1.71 bits per heavy atom. The van der Waals surface area contributed by atoms with Crippen LogP contribution in [-0.4, -0.2) is 27.8 Å². The molecule has 0 saturated heterocycles. The van der Waals surface area contributed by atoms with Gasteiger partial charge in [0.1, 0.15) is 5.75 Å². The molecule has 0 spiro atoms. The second-order valence-corrected chi connectivity index (χ2v) is 9.29. The molecule has 4 N–H and O–H groups in total. The Bertz CT molecular complexity index is 1640. The standard InChI is InChI=1S/C31H27N3O4/c1-4-19-13-14-24-27(26(19)21-12-11-17(2)18(3)15-21)32-30(36)28(24)34-33-25-10-6-9-23(29(25)35)20-7-5-8-22(16-20)31(37)38/h5-16,33,35H,4H2,1-3H3,(H,37,38)(H,32,34,36). The second kappa shape index (κ2) is 9.86. The van der Waals surface area contributed by atoms with Gasteiger partial charge < -0.3 is 15.5 Å². The Hall–Kier alpha value is -4.91. The van der Waals surface area contributed by atoms with Crippen molar-refractivity contribution in [2.24, 2.45) is 5.10 Å². The number of anilines is 2. The first-order valence-corrected chi connectivity index (χ1v) is 12.3. The maximum atomic E-state index is 13.0. The molecule has 0 radical (unpaired) electrons. The van der Waals surface area contributed by atoms with Crippen molar-refractivity contribution in [3.63, 3.8) is 0 Å². The summed E-state index contributed by atoms with van der Waals surface area (Å²) in [5.41, 5.74) is 11.4. The molecule has 4 aromatic carbocycles. The number of rotatable bonds is 6. The fourth-order valence-corrected chi connectivity index (χ4v) is 4.70. The highest BCUT2D eigenvalue weighted by molar-refractivity contribution is 6.54. The van der Waals surface area contributed by atoms with Gasteiger partial charge in [-0.15, -0.1) is 0 Å². The molecule has 0 atom stereocenters. The van der Waals surface area contributed by atoms with Crippen molar-refractivity contribution >= 4 is 29.0 Å². The van der Waals surface area contributed by atoms with Crippen LogP contribution in [0, 0.1) is 13.8 Å². The third-order valence-electron chi connectivity index (χ3n) is 6.92. The zero-order valence-electron chi connectivity index (χ0n) is 21.3. The lowest BCUT2D eigenvalue weighted by atomic mass is 9.92. The number of carbonyl (C=O) groups is 2. The summed E-state index contributed by atoms with van der Waals surface area (Å²) in [7, 11) is 0. The van der Waals surface area contributed by atoms with Gasteiger partial charge in [0.2, 0.25) is 0 Å². The number of aromatic carboxylic acids is 1. The van der Waals surface area contributed by atoms with Gasteiger partial charge in [-0.25, -0.2) is 4.79 Å². The largest absolute Gasteiger partial charge is 0.505 e. The summed E-state index contributed by atoms with van der Waals surface area (Å²) in [5.74, 6) is -1.49. The Labute approximate surface area is 220 Å². The van der Waals surface area contributed by atoms with E-state index in [1.807, 2.05) is 12.1 Å². The average molecular weight is 506 g/mol. The van der Waals surface area contributed by atoms with E-state index in [1.165, 1.54) is 23.3 Å². The molecule has 7 heteroatoms. The number of hydrazone groups is 1. The highest BCUT2D eigenvalue weighted by atomic mass is 16.4. The van der Waals surface area contributed by atoms with Crippen molar-refractivity contribution in [1.82, 2.24) is 0 Å². The van der Waals surface area contributed by atoms with Crippen LogP contribution in [0.4, 0.5) is 11.4 Å². The van der Waals surface area contributed by atoms with E-state index in [0.717, 1.165) is 28.8 Å². The zero-order chi connectivity index (χ0) is 27.0. The summed E-state index contributed by atoms with van der Waals surface area (Å²) in [6, 6.07) is 21.6. The van der Waals surface area contributed by atoms with Crippen molar-refractivity contribution < 1.29 is 19.8 Å². The number of nitrogens with zero attached hydrogens (tertiary/aromatic N) is 1. The number of aromatic hydroxyl groups is 1. The molecular weight excluding hydrogens is 478 g/mol. The number of carbonyl (C=O) groups excluding carboxylic acids is 1. The van der Waals surface area contributed by atoms with Gasteiger partial charge in [-0.3, -0.25) is 10.2 Å². The molecule has 4 aromatic rings. The van der Waals surface area contributed by atoms with Crippen LogP contribution < -0.4 is 10.7 Å². The van der Waals surface area contributed by atoms with Crippen molar-refractivity contribution in [2.45, 2.75) is 27.2 Å². The molecule has 0 fully saturated rings. The molecule has 0 unspecified atom stereocenters. The summed E-state index contributed by atoms with van der Waals surface area (Å²) >= 11 is 0. The quantitative estimate of drug-likeness (QED) is 0.180. The maximum Gasteiger partial charge on any atom is 0.335 e. The van der Waals surface area contributed by atoms with Crippen LogP contribution in [0.15, 0.2) is 77.9 Å². The van der Waals surface area contributed by atoms with E-state index >= 15 is 0 Å². The number of carboxylic acid groups (broad SMARTS) is 1. The smallest absolute Gasteiger partial charge is 0.335 e. The highest BCUT2D eigenvalue weighted by Crippen LogP contribution is 2.40. The normalized spacial score (nSPS) is 13.3. The van der Waals surface area contributed by atoms with Crippen LogP contribution in [0.1, 0.15) is 39.5 Å². The second-order valence-electron chi connectivity index (χ2n) is 9.29. The summed E-state index contributed by atoms with van der Waals surface area (Å²) in [6.07, 6.45) is 0.805. The number of hydrogen-bond donors (Lipinski definition) is 4. The van der Waals surface area contributed by atoms with Gasteiger partial charge in [0.25, 0.3) is 5.91 Å². The van der Waals surface area contributed by atoms with Gasteiger partial charge in [0, 0.05) is 16.7 Å². The fraction of sp³-hybridized carbons (Fsp3) is 0.129. The molecule has 7 nitrogen and oxygen atoms in total. The monoisotopic (exact) mass is 505 g/mol. The highest BCUT2D eigenvalue weighted by Gasteiger charge is 2.30. The van der Waals surface area contributed by atoms with E-state index in [0.29, 0.717) is 16.7 Å². The molecule has 38 heavy (non-hydrogen) atoms. The number of para-hydroxylation sites is 1. The van der Waals surface area contributed by atoms with Crippen molar-refractivity contribution in [1.29, 1.82) is 0 Å². The van der Waals surface area contributed by atoms with E-state index in [-0.39, 0.29) is 28.6 Å². The average Bonchev–Trinajstić information content (AvgIpc) is 3.23. The summed E-state index contributed by atoms with van der Waals surface area (Å²) in [4.78, 5) is 24.4. The SMILES string of the molecule is CCc1ccc2c(c1-c1ccc(C)c(C)c1)NC(=O)C2=NNc1cccc(-c2cccc(C(=O)O)c2)c1O. The number of benzene rings is 4. The summed E-state index contributed by atoms with van der Waals surface area (Å²) in [5, 5.41) is 27.6. The predicted molar refractivity (Wildman–Crippen MR) is 150 cm³/mol. The molecule has 0 aliphatic carbocycles. The number of nitrogens with one attached hydrogen (secondary N) is 2. The topological polar surface area (TPSA) is 111 Å². The van der Waals surface area contributed by atoms with Gasteiger partial charge in [0.05, 0.1) is 16.9 Å². The van der Waals surface area contributed by atoms with Crippen LogP contribution in [0.5, 0.6) is 5.75 Å². The minimum absolute atomic E-state index is 0.102. The number of amides is 1. The third kappa shape index (κ3) is 4.39. The predicted octanol–water partition coefficient (Wildman–Crippen LogP) is 6.37. The molecule has 0 saturated carbocycles. The van der Waals surface area contributed by atoms with Gasteiger partial charge in [0.15, 0.2) is 5.71 Å². The minimum atomic E-state index is -1.05. The van der Waals surface area contributed by atoms with E-state index in [9.17, 15) is 19.8 Å². The summed E-state index contributed by atoms with van der Waals surface area (Å²) < 4.78 is 0. The van der Waals surface area contributed by atoms with Crippen molar-refractivity contribution in [3.05, 3.63) is 101 Å². The molecule has 1 amide bonds. The lowest BCUT2D eigenvalue weighted by Crippen LogP contribution is -2.16. The number of hydrogen-bond acceptors (Lipinski definition) is 5. The lowest BCUT2D eigenvalue weighted by molar-refractivity contribution is -0.110. The third-order valence-corrected chi connectivity index (χ3v) is 6.92. The Morgan fingerprint density at radius 1 is 0.921 bits per heavy atom. The van der Waals surface area contributed by atoms with Gasteiger partial charge in [-0.1, -0.05) is 61.5 Å². The molecular formula is C31H27N3O4. The first kappa shape index (κ1) is 24.8. The van der Waals surface area contributed by atoms with Crippen LogP contribution in [0.25, 0.3) is 22.3 Å². The minimum Gasteiger partial charge on any atom is -0.505 e. The Morgan fingerprint density at radius 3 is 2.45 bits per heavy atom.